The van der Waals surface area contributed by atoms with Crippen molar-refractivity contribution >= 4 is 11.5 Å². The molecule has 0 atom stereocenters. The van der Waals surface area contributed by atoms with Gasteiger partial charge in [-0.1, -0.05) is 31.4 Å². The van der Waals surface area contributed by atoms with Gasteiger partial charge in [0.25, 0.3) is 0 Å². The predicted molar refractivity (Wildman–Crippen MR) is 120 cm³/mol. The zero-order chi connectivity index (χ0) is 21.6. The zero-order valence-corrected chi connectivity index (χ0v) is 17.6. The molecule has 0 unspecified atom stereocenters. The number of aromatic nitrogens is 1. The number of anilines is 2. The lowest BCUT2D eigenvalue weighted by molar-refractivity contribution is 0.414. The van der Waals surface area contributed by atoms with Crippen LogP contribution in [0.5, 0.6) is 5.75 Å². The molecule has 4 rings (SSSR count). The van der Waals surface area contributed by atoms with Crippen LogP contribution in [0.2, 0.25) is 0 Å². The summed E-state index contributed by atoms with van der Waals surface area (Å²) in [7, 11) is 1.63. The van der Waals surface area contributed by atoms with Crippen LogP contribution in [0.25, 0.3) is 11.1 Å². The third-order valence-corrected chi connectivity index (χ3v) is 5.64. The fourth-order valence-corrected chi connectivity index (χ4v) is 4.08. The molecule has 6 heteroatoms. The maximum absolute atomic E-state index is 13.4. The first kappa shape index (κ1) is 21.1. The fraction of sp³-hybridized carbons (Fsp3) is 0.320. The minimum atomic E-state index is -0.579. The van der Waals surface area contributed by atoms with Crippen LogP contribution in [-0.4, -0.2) is 18.1 Å². The van der Waals surface area contributed by atoms with Crippen molar-refractivity contribution in [3.05, 3.63) is 71.9 Å². The Hall–Kier alpha value is -3.15. The van der Waals surface area contributed by atoms with Crippen LogP contribution in [0.4, 0.5) is 20.3 Å². The van der Waals surface area contributed by atoms with Crippen molar-refractivity contribution in [1.29, 1.82) is 0 Å². The van der Waals surface area contributed by atoms with E-state index >= 15 is 0 Å². The van der Waals surface area contributed by atoms with Crippen LogP contribution in [0, 0.1) is 11.6 Å². The summed E-state index contributed by atoms with van der Waals surface area (Å²) in [6.45, 7) is 0.320. The number of hydrogen-bond acceptors (Lipinski definition) is 4. The second-order valence-electron chi connectivity index (χ2n) is 7.96. The second-order valence-corrected chi connectivity index (χ2v) is 7.96. The largest absolute Gasteiger partial charge is 0.494 e. The number of nitrogens with one attached hydrogen (secondary N) is 2. The molecule has 1 aromatic heterocycles. The van der Waals surface area contributed by atoms with Gasteiger partial charge in [0, 0.05) is 29.9 Å². The average Bonchev–Trinajstić information content (AvgIpc) is 2.78. The SMILES string of the molecule is COc1cnc(NC2CCCCC2)cc1-c1cccc(NCc2cc(F)cc(F)c2)c1. The van der Waals surface area contributed by atoms with Crippen LogP contribution in [-0.2, 0) is 6.54 Å². The summed E-state index contributed by atoms with van der Waals surface area (Å²) < 4.78 is 32.4. The molecule has 2 N–H and O–H groups in total. The molecule has 1 fully saturated rings. The molecule has 1 aliphatic rings. The number of pyridine rings is 1. The van der Waals surface area contributed by atoms with E-state index in [0.29, 0.717) is 23.9 Å². The summed E-state index contributed by atoms with van der Waals surface area (Å²) in [5.74, 6) is 0.380. The summed E-state index contributed by atoms with van der Waals surface area (Å²) in [5.41, 5.74) is 3.31. The molecular weight excluding hydrogens is 396 g/mol. The first-order valence-corrected chi connectivity index (χ1v) is 10.7. The number of benzene rings is 2. The Morgan fingerprint density at radius 2 is 1.77 bits per heavy atom. The first-order valence-electron chi connectivity index (χ1n) is 10.7. The molecule has 0 aliphatic heterocycles. The lowest BCUT2D eigenvalue weighted by Gasteiger charge is -2.23. The molecule has 0 radical (unpaired) electrons. The Kier molecular flexibility index (Phi) is 6.65. The average molecular weight is 424 g/mol. The van der Waals surface area contributed by atoms with E-state index in [1.165, 1.54) is 44.2 Å². The molecule has 0 bridgehead atoms. The highest BCUT2D eigenvalue weighted by Gasteiger charge is 2.15. The zero-order valence-electron chi connectivity index (χ0n) is 17.6. The van der Waals surface area contributed by atoms with Crippen molar-refractivity contribution in [3.8, 4) is 16.9 Å². The van der Waals surface area contributed by atoms with E-state index in [2.05, 4.69) is 15.6 Å². The smallest absolute Gasteiger partial charge is 0.145 e. The number of methoxy groups -OCH3 is 1. The lowest BCUT2D eigenvalue weighted by atomic mass is 9.95. The van der Waals surface area contributed by atoms with E-state index in [1.807, 2.05) is 30.3 Å². The summed E-state index contributed by atoms with van der Waals surface area (Å²) in [6, 6.07) is 13.9. The topological polar surface area (TPSA) is 46.2 Å². The van der Waals surface area contributed by atoms with E-state index < -0.39 is 11.6 Å². The van der Waals surface area contributed by atoms with E-state index in [1.54, 1.807) is 13.3 Å². The highest BCUT2D eigenvalue weighted by atomic mass is 19.1. The summed E-state index contributed by atoms with van der Waals surface area (Å²) in [5, 5.41) is 6.80. The minimum absolute atomic E-state index is 0.320. The molecule has 0 saturated heterocycles. The number of halogens is 2. The van der Waals surface area contributed by atoms with Gasteiger partial charge in [-0.3, -0.25) is 0 Å². The van der Waals surface area contributed by atoms with Crippen LogP contribution < -0.4 is 15.4 Å². The molecule has 2 aromatic carbocycles. The van der Waals surface area contributed by atoms with E-state index in [-0.39, 0.29) is 0 Å². The molecule has 162 valence electrons. The van der Waals surface area contributed by atoms with Crippen molar-refractivity contribution in [2.75, 3.05) is 17.7 Å². The van der Waals surface area contributed by atoms with Gasteiger partial charge in [-0.2, -0.15) is 0 Å². The summed E-state index contributed by atoms with van der Waals surface area (Å²) >= 11 is 0. The van der Waals surface area contributed by atoms with Gasteiger partial charge >= 0.3 is 0 Å². The molecule has 1 saturated carbocycles. The fourth-order valence-electron chi connectivity index (χ4n) is 4.08. The third-order valence-electron chi connectivity index (χ3n) is 5.64. The van der Waals surface area contributed by atoms with Crippen molar-refractivity contribution < 1.29 is 13.5 Å². The van der Waals surface area contributed by atoms with Gasteiger partial charge in [0.05, 0.1) is 13.3 Å². The Bertz CT molecular complexity index is 1010. The maximum Gasteiger partial charge on any atom is 0.145 e. The summed E-state index contributed by atoms with van der Waals surface area (Å²) in [4.78, 5) is 4.52. The van der Waals surface area contributed by atoms with Crippen LogP contribution in [0.15, 0.2) is 54.7 Å². The van der Waals surface area contributed by atoms with Crippen LogP contribution >= 0.6 is 0 Å². The number of rotatable bonds is 7. The second kappa shape index (κ2) is 9.77. The van der Waals surface area contributed by atoms with Gasteiger partial charge in [-0.25, -0.2) is 13.8 Å². The van der Waals surface area contributed by atoms with Gasteiger partial charge in [0.15, 0.2) is 0 Å². The summed E-state index contributed by atoms with van der Waals surface area (Å²) in [6.07, 6.45) is 7.90. The van der Waals surface area contributed by atoms with Crippen molar-refractivity contribution in [3.63, 3.8) is 0 Å². The maximum atomic E-state index is 13.4. The van der Waals surface area contributed by atoms with Gasteiger partial charge in [0.2, 0.25) is 0 Å². The van der Waals surface area contributed by atoms with Gasteiger partial charge < -0.3 is 15.4 Å². The normalized spacial score (nSPS) is 14.3. The molecule has 31 heavy (non-hydrogen) atoms. The Morgan fingerprint density at radius 3 is 2.52 bits per heavy atom. The highest BCUT2D eigenvalue weighted by molar-refractivity contribution is 5.75. The molecule has 4 nitrogen and oxygen atoms in total. The molecule has 1 aliphatic carbocycles. The predicted octanol–water partition coefficient (Wildman–Crippen LogP) is 6.39. The van der Waals surface area contributed by atoms with Crippen LogP contribution in [0.3, 0.4) is 0 Å². The lowest BCUT2D eigenvalue weighted by Crippen LogP contribution is -2.22. The number of ether oxygens (including phenoxy) is 1. The standard InChI is InChI=1S/C25H27F2N3O/c1-31-24-16-29-25(30-21-7-3-2-4-8-21)14-23(24)18-6-5-9-22(12-18)28-15-17-10-19(26)13-20(27)11-17/h5-6,9-14,16,21,28H,2-4,7-8,15H2,1H3,(H,29,30). The van der Waals surface area contributed by atoms with Gasteiger partial charge in [-0.05, 0) is 54.3 Å². The molecular formula is C25H27F2N3O. The van der Waals surface area contributed by atoms with Gasteiger partial charge in [-0.15, -0.1) is 0 Å². The highest BCUT2D eigenvalue weighted by Crippen LogP contribution is 2.33. The van der Waals surface area contributed by atoms with Crippen molar-refractivity contribution in [1.82, 2.24) is 4.98 Å². The first-order chi connectivity index (χ1) is 15.1. The third kappa shape index (κ3) is 5.51. The van der Waals surface area contributed by atoms with Gasteiger partial charge in [0.1, 0.15) is 23.2 Å². The quantitative estimate of drug-likeness (QED) is 0.462. The monoisotopic (exact) mass is 423 g/mol. The van der Waals surface area contributed by atoms with Crippen molar-refractivity contribution in [2.24, 2.45) is 0 Å². The molecule has 1 heterocycles. The van der Waals surface area contributed by atoms with E-state index in [9.17, 15) is 8.78 Å². The Balaban J connectivity index is 1.53. The Labute approximate surface area is 181 Å². The van der Waals surface area contributed by atoms with Crippen LogP contribution in [0.1, 0.15) is 37.7 Å². The van der Waals surface area contributed by atoms with E-state index in [0.717, 1.165) is 28.7 Å². The molecule has 0 spiro atoms. The number of hydrogen-bond donors (Lipinski definition) is 2. The van der Waals surface area contributed by atoms with E-state index in [4.69, 9.17) is 4.74 Å². The number of nitrogens with zero attached hydrogens (tertiary/aromatic N) is 1. The molecule has 0 amide bonds. The molecule has 3 aromatic rings. The van der Waals surface area contributed by atoms with Crippen molar-refractivity contribution in [2.45, 2.75) is 44.7 Å². The Morgan fingerprint density at radius 1 is 1.00 bits per heavy atom. The minimum Gasteiger partial charge on any atom is -0.494 e.